The lowest BCUT2D eigenvalue weighted by molar-refractivity contribution is 0.596. The van der Waals surface area contributed by atoms with Crippen LogP contribution in [0.2, 0.25) is 0 Å². The van der Waals surface area contributed by atoms with E-state index in [2.05, 4.69) is 29.4 Å². The zero-order chi connectivity index (χ0) is 10.6. The third kappa shape index (κ3) is 1.13. The first-order valence-electron chi connectivity index (χ1n) is 5.30. The van der Waals surface area contributed by atoms with Gasteiger partial charge in [-0.3, -0.25) is 0 Å². The lowest BCUT2D eigenvalue weighted by atomic mass is 10.1. The van der Waals surface area contributed by atoms with Gasteiger partial charge >= 0.3 is 0 Å². The Labute approximate surface area is 88.9 Å². The minimum Gasteiger partial charge on any atom is -0.327 e. The molecular weight excluding hydrogens is 186 g/mol. The van der Waals surface area contributed by atoms with Crippen LogP contribution in [0.5, 0.6) is 0 Å². The van der Waals surface area contributed by atoms with E-state index in [-0.39, 0.29) is 11.5 Å². The highest BCUT2D eigenvalue weighted by Gasteiger charge is 2.57. The topological polar surface area (TPSA) is 43.3 Å². The van der Waals surface area contributed by atoms with Gasteiger partial charge in [0.15, 0.2) is 0 Å². The van der Waals surface area contributed by atoms with Crippen molar-refractivity contribution in [2.45, 2.75) is 25.8 Å². The van der Waals surface area contributed by atoms with Gasteiger partial charge in [-0.1, -0.05) is 19.9 Å². The molecule has 0 aromatic carbocycles. The fraction of sp³-hybridized carbons (Fsp3) is 0.417. The van der Waals surface area contributed by atoms with Crippen molar-refractivity contribution in [3.05, 3.63) is 36.3 Å². The van der Waals surface area contributed by atoms with Crippen molar-refractivity contribution in [2.24, 2.45) is 11.1 Å². The molecule has 0 spiro atoms. The Morgan fingerprint density at radius 3 is 2.73 bits per heavy atom. The molecule has 2 N–H and O–H groups in total. The SMILES string of the molecule is CC1(C)[C@@H](N)[C@@H]1c1cn2ccccc2n1. The lowest BCUT2D eigenvalue weighted by Gasteiger charge is -1.96. The van der Waals surface area contributed by atoms with Crippen LogP contribution in [0.25, 0.3) is 5.65 Å². The quantitative estimate of drug-likeness (QED) is 0.764. The predicted molar refractivity (Wildman–Crippen MR) is 59.7 cm³/mol. The van der Waals surface area contributed by atoms with E-state index in [0.29, 0.717) is 5.92 Å². The molecule has 2 atom stereocenters. The van der Waals surface area contributed by atoms with Gasteiger partial charge in [0, 0.05) is 24.4 Å². The van der Waals surface area contributed by atoms with Crippen LogP contribution in [0.4, 0.5) is 0 Å². The van der Waals surface area contributed by atoms with Crippen LogP contribution in [0.15, 0.2) is 30.6 Å². The smallest absolute Gasteiger partial charge is 0.136 e. The van der Waals surface area contributed by atoms with Crippen LogP contribution in [0.1, 0.15) is 25.5 Å². The molecule has 15 heavy (non-hydrogen) atoms. The number of fused-ring (bicyclic) bond motifs is 1. The standard InChI is InChI=1S/C12H15N3/c1-12(2)10(11(12)13)8-7-15-6-4-3-5-9(15)14-8/h3-7,10-11H,13H2,1-2H3/t10-,11-/m0/s1. The summed E-state index contributed by atoms with van der Waals surface area (Å²) in [4.78, 5) is 4.60. The molecule has 0 radical (unpaired) electrons. The highest BCUT2D eigenvalue weighted by atomic mass is 15.0. The van der Waals surface area contributed by atoms with E-state index in [9.17, 15) is 0 Å². The zero-order valence-electron chi connectivity index (χ0n) is 9.01. The minimum atomic E-state index is 0.206. The number of pyridine rings is 1. The van der Waals surface area contributed by atoms with Crippen molar-refractivity contribution in [1.29, 1.82) is 0 Å². The second-order valence-electron chi connectivity index (χ2n) is 4.96. The third-order valence-corrected chi connectivity index (χ3v) is 3.61. The Bertz CT molecular complexity index is 479. The maximum atomic E-state index is 6.05. The molecule has 2 heterocycles. The predicted octanol–water partition coefficient (Wildman–Crippen LogP) is 1.78. The van der Waals surface area contributed by atoms with Gasteiger partial charge < -0.3 is 10.1 Å². The fourth-order valence-corrected chi connectivity index (χ4v) is 2.35. The molecular formula is C12H15N3. The second kappa shape index (κ2) is 2.61. The largest absolute Gasteiger partial charge is 0.327 e. The van der Waals surface area contributed by atoms with E-state index in [1.165, 1.54) is 0 Å². The van der Waals surface area contributed by atoms with Crippen LogP contribution < -0.4 is 5.73 Å². The Morgan fingerprint density at radius 1 is 1.40 bits per heavy atom. The summed E-state index contributed by atoms with van der Waals surface area (Å²) in [5, 5.41) is 0. The molecule has 1 fully saturated rings. The summed E-state index contributed by atoms with van der Waals surface area (Å²) in [6, 6.07) is 6.28. The van der Waals surface area contributed by atoms with Crippen molar-refractivity contribution in [2.75, 3.05) is 0 Å². The Balaban J connectivity index is 2.07. The van der Waals surface area contributed by atoms with Gasteiger partial charge in [-0.15, -0.1) is 0 Å². The van der Waals surface area contributed by atoms with Crippen molar-refractivity contribution < 1.29 is 0 Å². The van der Waals surface area contributed by atoms with Gasteiger partial charge in [0.05, 0.1) is 5.69 Å². The number of imidazole rings is 1. The molecule has 1 aliphatic rings. The van der Waals surface area contributed by atoms with Crippen molar-refractivity contribution in [1.82, 2.24) is 9.38 Å². The molecule has 3 nitrogen and oxygen atoms in total. The van der Waals surface area contributed by atoms with E-state index in [1.807, 2.05) is 24.4 Å². The monoisotopic (exact) mass is 201 g/mol. The van der Waals surface area contributed by atoms with Gasteiger partial charge in [-0.25, -0.2) is 4.98 Å². The summed E-state index contributed by atoms with van der Waals surface area (Å²) < 4.78 is 2.05. The Kier molecular flexibility index (Phi) is 1.55. The maximum Gasteiger partial charge on any atom is 0.136 e. The first-order valence-corrected chi connectivity index (χ1v) is 5.30. The van der Waals surface area contributed by atoms with Gasteiger partial charge in [-0.05, 0) is 17.5 Å². The van der Waals surface area contributed by atoms with Crippen LogP contribution in [-0.4, -0.2) is 15.4 Å². The van der Waals surface area contributed by atoms with Gasteiger partial charge in [0.1, 0.15) is 5.65 Å². The normalized spacial score (nSPS) is 28.2. The first-order chi connectivity index (χ1) is 7.10. The molecule has 1 saturated carbocycles. The van der Waals surface area contributed by atoms with Crippen molar-refractivity contribution >= 4 is 5.65 Å². The summed E-state index contributed by atoms with van der Waals surface area (Å²) in [6.07, 6.45) is 4.11. The maximum absolute atomic E-state index is 6.05. The first kappa shape index (κ1) is 8.92. The molecule has 0 aliphatic heterocycles. The highest BCUT2D eigenvalue weighted by molar-refractivity contribution is 5.42. The third-order valence-electron chi connectivity index (χ3n) is 3.61. The van der Waals surface area contributed by atoms with Gasteiger partial charge in [-0.2, -0.15) is 0 Å². The number of hydrogen-bond acceptors (Lipinski definition) is 2. The van der Waals surface area contributed by atoms with Crippen LogP contribution in [-0.2, 0) is 0 Å². The van der Waals surface area contributed by atoms with Gasteiger partial charge in [0.2, 0.25) is 0 Å². The molecule has 0 amide bonds. The molecule has 0 unspecified atom stereocenters. The molecule has 3 rings (SSSR count). The number of rotatable bonds is 1. The molecule has 0 saturated heterocycles. The molecule has 3 heteroatoms. The molecule has 1 aliphatic carbocycles. The summed E-state index contributed by atoms with van der Waals surface area (Å²) in [5.41, 5.74) is 8.38. The van der Waals surface area contributed by atoms with E-state index in [4.69, 9.17) is 5.73 Å². The van der Waals surface area contributed by atoms with Crippen LogP contribution in [0, 0.1) is 5.41 Å². The van der Waals surface area contributed by atoms with Crippen LogP contribution >= 0.6 is 0 Å². The van der Waals surface area contributed by atoms with E-state index >= 15 is 0 Å². The molecule has 78 valence electrons. The van der Waals surface area contributed by atoms with Crippen molar-refractivity contribution in [3.8, 4) is 0 Å². The Hall–Kier alpha value is -1.35. The molecule has 2 aromatic rings. The molecule has 0 bridgehead atoms. The second-order valence-corrected chi connectivity index (χ2v) is 4.96. The zero-order valence-corrected chi connectivity index (χ0v) is 9.01. The summed E-state index contributed by atoms with van der Waals surface area (Å²) in [6.45, 7) is 4.40. The Morgan fingerprint density at radius 2 is 2.13 bits per heavy atom. The van der Waals surface area contributed by atoms with Gasteiger partial charge in [0.25, 0.3) is 0 Å². The van der Waals surface area contributed by atoms with E-state index < -0.39 is 0 Å². The number of nitrogens with zero attached hydrogens (tertiary/aromatic N) is 2. The number of nitrogens with two attached hydrogens (primary N) is 1. The molecule has 2 aromatic heterocycles. The van der Waals surface area contributed by atoms with Crippen molar-refractivity contribution in [3.63, 3.8) is 0 Å². The fourth-order valence-electron chi connectivity index (χ4n) is 2.35. The minimum absolute atomic E-state index is 0.206. The van der Waals surface area contributed by atoms with Crippen LogP contribution in [0.3, 0.4) is 0 Å². The van der Waals surface area contributed by atoms with E-state index in [1.54, 1.807) is 0 Å². The summed E-state index contributed by atoms with van der Waals surface area (Å²) >= 11 is 0. The highest BCUT2D eigenvalue weighted by Crippen LogP contribution is 2.56. The summed E-state index contributed by atoms with van der Waals surface area (Å²) in [5.74, 6) is 0.414. The lowest BCUT2D eigenvalue weighted by Crippen LogP contribution is -2.06. The summed E-state index contributed by atoms with van der Waals surface area (Å²) in [7, 11) is 0. The average Bonchev–Trinajstić information content (AvgIpc) is 2.61. The number of aromatic nitrogens is 2. The van der Waals surface area contributed by atoms with E-state index in [0.717, 1.165) is 11.3 Å². The average molecular weight is 201 g/mol. The number of hydrogen-bond donors (Lipinski definition) is 1.